The van der Waals surface area contributed by atoms with Gasteiger partial charge in [-0.15, -0.1) is 0 Å². The molecule has 0 saturated heterocycles. The Balaban J connectivity index is 3.46. The predicted molar refractivity (Wildman–Crippen MR) is 65.6 cm³/mol. The van der Waals surface area contributed by atoms with Crippen LogP contribution in [0.15, 0.2) is 0 Å². The first kappa shape index (κ1) is 16.8. The van der Waals surface area contributed by atoms with Gasteiger partial charge in [0.1, 0.15) is 0 Å². The van der Waals surface area contributed by atoms with Crippen LogP contribution >= 0.6 is 0 Å². The van der Waals surface area contributed by atoms with Crippen LogP contribution in [0.4, 0.5) is 0 Å². The third-order valence-corrected chi connectivity index (χ3v) is 3.37. The molecule has 0 atom stereocenters. The first-order valence-corrected chi connectivity index (χ1v) is 7.30. The van der Waals surface area contributed by atoms with E-state index in [-0.39, 0.29) is 12.4 Å². The largest absolute Gasteiger partial charge is 0.385 e. The van der Waals surface area contributed by atoms with E-state index in [9.17, 15) is 8.42 Å². The SMILES string of the molecule is COCCCCNS(=O)(=O)CCOCCOC. The maximum Gasteiger partial charge on any atom is 0.213 e. The standard InChI is InChI=1S/C10H23NO5S/c1-14-6-4-3-5-11-17(12,13)10-9-16-8-7-15-2/h11H,3-10H2,1-2H3. The van der Waals surface area contributed by atoms with E-state index in [2.05, 4.69) is 4.72 Å². The van der Waals surface area contributed by atoms with Gasteiger partial charge in [0.05, 0.1) is 25.6 Å². The minimum atomic E-state index is -3.21. The van der Waals surface area contributed by atoms with E-state index >= 15 is 0 Å². The van der Waals surface area contributed by atoms with Crippen LogP contribution in [0.1, 0.15) is 12.8 Å². The molecule has 7 heteroatoms. The summed E-state index contributed by atoms with van der Waals surface area (Å²) < 4.78 is 40.1. The molecule has 0 aliphatic carbocycles. The molecule has 0 aromatic carbocycles. The molecule has 0 heterocycles. The summed E-state index contributed by atoms with van der Waals surface area (Å²) in [7, 11) is -0.0150. The molecular weight excluding hydrogens is 246 g/mol. The van der Waals surface area contributed by atoms with Crippen molar-refractivity contribution in [2.45, 2.75) is 12.8 Å². The van der Waals surface area contributed by atoms with Crippen molar-refractivity contribution < 1.29 is 22.6 Å². The lowest BCUT2D eigenvalue weighted by molar-refractivity contribution is 0.0784. The molecule has 0 rings (SSSR count). The van der Waals surface area contributed by atoms with Gasteiger partial charge in [-0.05, 0) is 12.8 Å². The number of ether oxygens (including phenoxy) is 3. The number of hydrogen-bond donors (Lipinski definition) is 1. The molecule has 0 aromatic rings. The summed E-state index contributed by atoms with van der Waals surface area (Å²) in [5, 5.41) is 0. The van der Waals surface area contributed by atoms with Gasteiger partial charge in [-0.2, -0.15) is 0 Å². The lowest BCUT2D eigenvalue weighted by atomic mass is 10.3. The van der Waals surface area contributed by atoms with E-state index in [4.69, 9.17) is 14.2 Å². The van der Waals surface area contributed by atoms with Gasteiger partial charge in [0, 0.05) is 27.4 Å². The molecule has 17 heavy (non-hydrogen) atoms. The molecule has 0 aliphatic heterocycles. The van der Waals surface area contributed by atoms with Gasteiger partial charge in [0.15, 0.2) is 0 Å². The fourth-order valence-corrected chi connectivity index (χ4v) is 2.02. The Morgan fingerprint density at radius 3 is 2.29 bits per heavy atom. The van der Waals surface area contributed by atoms with Gasteiger partial charge >= 0.3 is 0 Å². The summed E-state index contributed by atoms with van der Waals surface area (Å²) >= 11 is 0. The van der Waals surface area contributed by atoms with Gasteiger partial charge in [-0.25, -0.2) is 13.1 Å². The number of sulfonamides is 1. The number of hydrogen-bond acceptors (Lipinski definition) is 5. The number of unbranched alkanes of at least 4 members (excludes halogenated alkanes) is 1. The lowest BCUT2D eigenvalue weighted by Gasteiger charge is -2.07. The number of rotatable bonds is 12. The molecule has 0 saturated carbocycles. The molecule has 0 fully saturated rings. The zero-order valence-corrected chi connectivity index (χ0v) is 11.4. The minimum absolute atomic E-state index is 0.0129. The van der Waals surface area contributed by atoms with Gasteiger partial charge in [-0.3, -0.25) is 0 Å². The summed E-state index contributed by atoms with van der Waals surface area (Å²) in [5.41, 5.74) is 0. The summed E-state index contributed by atoms with van der Waals surface area (Å²) in [6, 6.07) is 0. The smallest absolute Gasteiger partial charge is 0.213 e. The molecular formula is C10H23NO5S. The maximum absolute atomic E-state index is 11.4. The molecule has 0 bridgehead atoms. The van der Waals surface area contributed by atoms with Crippen molar-refractivity contribution >= 4 is 10.0 Å². The van der Waals surface area contributed by atoms with E-state index < -0.39 is 10.0 Å². The first-order valence-electron chi connectivity index (χ1n) is 5.65. The van der Waals surface area contributed by atoms with E-state index in [1.165, 1.54) is 0 Å². The lowest BCUT2D eigenvalue weighted by Crippen LogP contribution is -2.29. The summed E-state index contributed by atoms with van der Waals surface area (Å²) in [6.45, 7) is 2.19. The minimum Gasteiger partial charge on any atom is -0.385 e. The Morgan fingerprint density at radius 1 is 0.941 bits per heavy atom. The highest BCUT2D eigenvalue weighted by atomic mass is 32.2. The summed E-state index contributed by atoms with van der Waals surface area (Å²) in [6.07, 6.45) is 1.63. The van der Waals surface area contributed by atoms with Crippen molar-refractivity contribution in [3.63, 3.8) is 0 Å². The van der Waals surface area contributed by atoms with Crippen molar-refractivity contribution in [1.82, 2.24) is 4.72 Å². The van der Waals surface area contributed by atoms with E-state index in [1.54, 1.807) is 14.2 Å². The number of nitrogens with one attached hydrogen (secondary N) is 1. The fraction of sp³-hybridized carbons (Fsp3) is 1.00. The molecule has 1 N–H and O–H groups in total. The van der Waals surface area contributed by atoms with Crippen LogP contribution in [0, 0.1) is 0 Å². The molecule has 104 valence electrons. The van der Waals surface area contributed by atoms with Crippen LogP contribution in [-0.4, -0.2) is 61.4 Å². The summed E-state index contributed by atoms with van der Waals surface area (Å²) in [4.78, 5) is 0. The molecule has 0 radical (unpaired) electrons. The highest BCUT2D eigenvalue weighted by Gasteiger charge is 2.08. The Hall–Kier alpha value is -0.210. The van der Waals surface area contributed by atoms with Crippen LogP contribution in [0.5, 0.6) is 0 Å². The summed E-state index contributed by atoms with van der Waals surface area (Å²) in [5.74, 6) is -0.0129. The maximum atomic E-state index is 11.4. The second-order valence-electron chi connectivity index (χ2n) is 3.52. The Morgan fingerprint density at radius 2 is 1.65 bits per heavy atom. The van der Waals surface area contributed by atoms with Crippen LogP contribution in [0.25, 0.3) is 0 Å². The van der Waals surface area contributed by atoms with Gasteiger partial charge in [-0.1, -0.05) is 0 Å². The van der Waals surface area contributed by atoms with Gasteiger partial charge < -0.3 is 14.2 Å². The highest BCUT2D eigenvalue weighted by molar-refractivity contribution is 7.89. The Kier molecular flexibility index (Phi) is 10.8. The van der Waals surface area contributed by atoms with E-state index in [1.807, 2.05) is 0 Å². The third-order valence-electron chi connectivity index (χ3n) is 2.03. The second-order valence-corrected chi connectivity index (χ2v) is 5.44. The van der Waals surface area contributed by atoms with Crippen molar-refractivity contribution in [3.05, 3.63) is 0 Å². The molecule has 0 unspecified atom stereocenters. The van der Waals surface area contributed by atoms with Crippen LogP contribution < -0.4 is 4.72 Å². The predicted octanol–water partition coefficient (Wildman–Crippen LogP) is -0.00460. The van der Waals surface area contributed by atoms with Crippen molar-refractivity contribution in [2.24, 2.45) is 0 Å². The normalized spacial score (nSPS) is 11.9. The average molecular weight is 269 g/mol. The molecule has 6 nitrogen and oxygen atoms in total. The first-order chi connectivity index (χ1) is 8.12. The third kappa shape index (κ3) is 12.0. The Labute approximate surface area is 104 Å². The van der Waals surface area contributed by atoms with E-state index in [0.717, 1.165) is 12.8 Å². The van der Waals surface area contributed by atoms with E-state index in [0.29, 0.717) is 26.4 Å². The molecule has 0 aromatic heterocycles. The molecule has 0 aliphatic rings. The highest BCUT2D eigenvalue weighted by Crippen LogP contribution is 1.91. The average Bonchev–Trinajstić information content (AvgIpc) is 2.28. The van der Waals surface area contributed by atoms with Crippen LogP contribution in [0.3, 0.4) is 0 Å². The Bertz CT molecular complexity index is 235. The van der Waals surface area contributed by atoms with Crippen molar-refractivity contribution in [3.8, 4) is 0 Å². The molecule has 0 spiro atoms. The molecule has 0 amide bonds. The van der Waals surface area contributed by atoms with Crippen molar-refractivity contribution in [2.75, 3.05) is 52.9 Å². The zero-order valence-electron chi connectivity index (χ0n) is 10.6. The topological polar surface area (TPSA) is 73.9 Å². The number of methoxy groups -OCH3 is 2. The second kappa shape index (κ2) is 10.9. The van der Waals surface area contributed by atoms with Crippen LogP contribution in [0.2, 0.25) is 0 Å². The van der Waals surface area contributed by atoms with Crippen molar-refractivity contribution in [1.29, 1.82) is 0 Å². The zero-order chi connectivity index (χ0) is 13.0. The quantitative estimate of drug-likeness (QED) is 0.505. The fourth-order valence-electron chi connectivity index (χ4n) is 1.08. The monoisotopic (exact) mass is 269 g/mol. The van der Waals surface area contributed by atoms with Crippen LogP contribution in [-0.2, 0) is 24.2 Å². The van der Waals surface area contributed by atoms with Gasteiger partial charge in [0.2, 0.25) is 10.0 Å². The van der Waals surface area contributed by atoms with Gasteiger partial charge in [0.25, 0.3) is 0 Å².